The Kier molecular flexibility index (Phi) is 4.62. The minimum atomic E-state index is -0.247. The summed E-state index contributed by atoms with van der Waals surface area (Å²) in [5.41, 5.74) is 0.0245. The summed E-state index contributed by atoms with van der Waals surface area (Å²) in [4.78, 5) is 27.9. The van der Waals surface area contributed by atoms with Gasteiger partial charge in [0, 0.05) is 32.1 Å². The molecule has 0 aromatic carbocycles. The Morgan fingerprint density at radius 1 is 1.45 bits per heavy atom. The molecule has 2 aromatic rings. The minimum absolute atomic E-state index is 0.216. The summed E-state index contributed by atoms with van der Waals surface area (Å²) in [5.74, 6) is 0.998. The summed E-state index contributed by atoms with van der Waals surface area (Å²) < 4.78 is 3.36. The molecule has 0 unspecified atom stereocenters. The monoisotopic (exact) mass is 292 g/mol. The number of nitrogens with zero attached hydrogens (tertiary/aromatic N) is 3. The van der Waals surface area contributed by atoms with Crippen LogP contribution < -0.4 is 10.9 Å². The molecule has 6 nitrogen and oxygen atoms in total. The van der Waals surface area contributed by atoms with Gasteiger partial charge in [0.2, 0.25) is 5.91 Å². The largest absolute Gasteiger partial charge is 0.337 e. The van der Waals surface area contributed by atoms with Crippen LogP contribution in [-0.2, 0) is 18.4 Å². The summed E-state index contributed by atoms with van der Waals surface area (Å²) in [7, 11) is 1.87. The maximum atomic E-state index is 12.2. The number of hydrogen-bond donors (Lipinski definition) is 2. The molecule has 0 atom stereocenters. The number of nitrogens with one attached hydrogen (secondary N) is 1. The molecule has 20 heavy (non-hydrogen) atoms. The van der Waals surface area contributed by atoms with Crippen LogP contribution in [0.2, 0.25) is 0 Å². The second-order valence-electron chi connectivity index (χ2n) is 4.33. The summed E-state index contributed by atoms with van der Waals surface area (Å²) in [6.07, 6.45) is 5.44. The third-order valence-electron chi connectivity index (χ3n) is 2.87. The van der Waals surface area contributed by atoms with Crippen molar-refractivity contribution in [1.29, 1.82) is 0 Å². The lowest BCUT2D eigenvalue weighted by molar-refractivity contribution is -0.115. The van der Waals surface area contributed by atoms with E-state index in [0.717, 1.165) is 5.82 Å². The second-order valence-corrected chi connectivity index (χ2v) is 4.78. The molecule has 1 amide bonds. The molecule has 0 aliphatic rings. The van der Waals surface area contributed by atoms with Gasteiger partial charge >= 0.3 is 0 Å². The van der Waals surface area contributed by atoms with Crippen LogP contribution in [0.1, 0.15) is 12.2 Å². The molecule has 0 aliphatic heterocycles. The number of hydrogen-bond acceptors (Lipinski definition) is 4. The van der Waals surface area contributed by atoms with Crippen LogP contribution in [0.5, 0.6) is 0 Å². The average molecular weight is 292 g/mol. The molecular weight excluding hydrogens is 276 g/mol. The lowest BCUT2D eigenvalue weighted by Crippen LogP contribution is -2.26. The molecular formula is C13H16N4O2S. The Hall–Kier alpha value is -2.02. The second kappa shape index (κ2) is 6.42. The number of carbonyl (C=O) groups excluding carboxylic acids is 1. The lowest BCUT2D eigenvalue weighted by Gasteiger charge is -2.09. The molecule has 2 heterocycles. The van der Waals surface area contributed by atoms with Crippen molar-refractivity contribution in [2.75, 3.05) is 11.1 Å². The SMILES string of the molecule is Cn1ccnc1Cn1cccc(NC(=O)CCS)c1=O. The Morgan fingerprint density at radius 3 is 2.90 bits per heavy atom. The number of anilines is 1. The molecule has 106 valence electrons. The van der Waals surface area contributed by atoms with E-state index in [2.05, 4.69) is 22.9 Å². The van der Waals surface area contributed by atoms with Gasteiger partial charge in [0.15, 0.2) is 0 Å². The van der Waals surface area contributed by atoms with Gasteiger partial charge in [0.05, 0.1) is 6.54 Å². The predicted octanol–water partition coefficient (Wildman–Crippen LogP) is 0.888. The van der Waals surface area contributed by atoms with Crippen LogP contribution in [0.15, 0.2) is 35.5 Å². The Labute approximate surface area is 121 Å². The first-order valence-electron chi connectivity index (χ1n) is 6.18. The number of imidazole rings is 1. The quantitative estimate of drug-likeness (QED) is 0.804. The molecule has 1 N–H and O–H groups in total. The van der Waals surface area contributed by atoms with Crippen LogP contribution in [0.3, 0.4) is 0 Å². The number of amides is 1. The van der Waals surface area contributed by atoms with Crippen molar-refractivity contribution < 1.29 is 4.79 Å². The van der Waals surface area contributed by atoms with E-state index in [1.807, 2.05) is 17.8 Å². The topological polar surface area (TPSA) is 68.9 Å². The average Bonchev–Trinajstić information content (AvgIpc) is 2.80. The van der Waals surface area contributed by atoms with E-state index in [1.165, 1.54) is 4.57 Å². The molecule has 7 heteroatoms. The molecule has 2 aromatic heterocycles. The zero-order valence-electron chi connectivity index (χ0n) is 11.1. The molecule has 2 rings (SSSR count). The van der Waals surface area contributed by atoms with E-state index in [9.17, 15) is 9.59 Å². The van der Waals surface area contributed by atoms with Crippen LogP contribution >= 0.6 is 12.6 Å². The fourth-order valence-electron chi connectivity index (χ4n) is 1.77. The Balaban J connectivity index is 2.21. The molecule has 0 fully saturated rings. The third-order valence-corrected chi connectivity index (χ3v) is 3.09. The first-order chi connectivity index (χ1) is 9.61. The van der Waals surface area contributed by atoms with Crippen molar-refractivity contribution in [3.63, 3.8) is 0 Å². The fraction of sp³-hybridized carbons (Fsp3) is 0.308. The number of thiol groups is 1. The number of pyridine rings is 1. The first-order valence-corrected chi connectivity index (χ1v) is 6.81. The normalized spacial score (nSPS) is 10.5. The molecule has 0 bridgehead atoms. The van der Waals surface area contributed by atoms with Crippen LogP contribution in [0, 0.1) is 0 Å². The summed E-state index contributed by atoms with van der Waals surface area (Å²) in [5, 5.41) is 2.60. The van der Waals surface area contributed by atoms with Gasteiger partial charge in [-0.15, -0.1) is 0 Å². The van der Waals surface area contributed by atoms with Crippen LogP contribution in [0.4, 0.5) is 5.69 Å². The van der Waals surface area contributed by atoms with Crippen molar-refractivity contribution in [3.8, 4) is 0 Å². The van der Waals surface area contributed by atoms with Gasteiger partial charge in [-0.2, -0.15) is 12.6 Å². The van der Waals surface area contributed by atoms with Crippen LogP contribution in [-0.4, -0.2) is 25.8 Å². The summed E-state index contributed by atoms with van der Waals surface area (Å²) in [6, 6.07) is 3.31. The van der Waals surface area contributed by atoms with E-state index >= 15 is 0 Å². The highest BCUT2D eigenvalue weighted by Gasteiger charge is 2.08. The van der Waals surface area contributed by atoms with Gasteiger partial charge in [-0.05, 0) is 17.9 Å². The number of carbonyl (C=O) groups is 1. The predicted molar refractivity (Wildman–Crippen MR) is 80.1 cm³/mol. The van der Waals surface area contributed by atoms with Gasteiger partial charge in [0.25, 0.3) is 5.56 Å². The van der Waals surface area contributed by atoms with Crippen LogP contribution in [0.25, 0.3) is 0 Å². The van der Waals surface area contributed by atoms with Crippen molar-refractivity contribution in [3.05, 3.63) is 46.9 Å². The summed E-state index contributed by atoms with van der Waals surface area (Å²) in [6.45, 7) is 0.360. The molecule has 0 saturated carbocycles. The van der Waals surface area contributed by atoms with E-state index in [-0.39, 0.29) is 23.6 Å². The van der Waals surface area contributed by atoms with Gasteiger partial charge in [-0.1, -0.05) is 0 Å². The van der Waals surface area contributed by atoms with Gasteiger partial charge in [-0.25, -0.2) is 4.98 Å². The van der Waals surface area contributed by atoms with E-state index in [0.29, 0.717) is 12.3 Å². The maximum Gasteiger partial charge on any atom is 0.274 e. The standard InChI is InChI=1S/C13H16N4O2S/c1-16-7-5-14-11(16)9-17-6-2-3-10(13(17)19)15-12(18)4-8-20/h2-3,5-7,20H,4,8-9H2,1H3,(H,15,18). The minimum Gasteiger partial charge on any atom is -0.337 e. The number of aryl methyl sites for hydroxylation is 1. The molecule has 0 saturated heterocycles. The van der Waals surface area contributed by atoms with E-state index < -0.39 is 0 Å². The zero-order chi connectivity index (χ0) is 14.5. The molecule has 0 aliphatic carbocycles. The first kappa shape index (κ1) is 14.4. The van der Waals surface area contributed by atoms with Crippen molar-refractivity contribution in [2.24, 2.45) is 7.05 Å². The number of rotatable bonds is 5. The maximum absolute atomic E-state index is 12.2. The highest BCUT2D eigenvalue weighted by atomic mass is 32.1. The smallest absolute Gasteiger partial charge is 0.274 e. The highest BCUT2D eigenvalue weighted by Crippen LogP contribution is 2.03. The van der Waals surface area contributed by atoms with Gasteiger partial charge in [-0.3, -0.25) is 9.59 Å². The zero-order valence-corrected chi connectivity index (χ0v) is 12.0. The van der Waals surface area contributed by atoms with Crippen molar-refractivity contribution >= 4 is 24.2 Å². The van der Waals surface area contributed by atoms with Gasteiger partial charge in [0.1, 0.15) is 11.5 Å². The fourth-order valence-corrected chi connectivity index (χ4v) is 1.98. The third kappa shape index (κ3) is 3.30. The van der Waals surface area contributed by atoms with Crippen molar-refractivity contribution in [2.45, 2.75) is 13.0 Å². The van der Waals surface area contributed by atoms with Crippen molar-refractivity contribution in [1.82, 2.24) is 14.1 Å². The highest BCUT2D eigenvalue weighted by molar-refractivity contribution is 7.80. The Bertz CT molecular complexity index is 662. The van der Waals surface area contributed by atoms with E-state index in [4.69, 9.17) is 0 Å². The van der Waals surface area contributed by atoms with E-state index in [1.54, 1.807) is 24.5 Å². The number of aromatic nitrogens is 3. The molecule has 0 spiro atoms. The Morgan fingerprint density at radius 2 is 2.25 bits per heavy atom. The van der Waals surface area contributed by atoms with Gasteiger partial charge < -0.3 is 14.5 Å². The molecule has 0 radical (unpaired) electrons. The lowest BCUT2D eigenvalue weighted by atomic mass is 10.3. The summed E-state index contributed by atoms with van der Waals surface area (Å²) >= 11 is 3.99.